The third-order valence-electron chi connectivity index (χ3n) is 4.32. The summed E-state index contributed by atoms with van der Waals surface area (Å²) in [7, 11) is 0. The van der Waals surface area contributed by atoms with E-state index >= 15 is 0 Å². The zero-order valence-corrected chi connectivity index (χ0v) is 12.8. The summed E-state index contributed by atoms with van der Waals surface area (Å²) in [6, 6.07) is 17.5. The lowest BCUT2D eigenvalue weighted by Gasteiger charge is -2.18. The van der Waals surface area contributed by atoms with Crippen LogP contribution in [0.5, 0.6) is 0 Å². The summed E-state index contributed by atoms with van der Waals surface area (Å²) in [4.78, 5) is 2.47. The van der Waals surface area contributed by atoms with Gasteiger partial charge in [0.1, 0.15) is 0 Å². The molecule has 0 bridgehead atoms. The Kier molecular flexibility index (Phi) is 4.44. The molecule has 2 aromatic carbocycles. The minimum Gasteiger partial charge on any atom is -0.381 e. The van der Waals surface area contributed by atoms with Crippen LogP contribution in [-0.4, -0.2) is 13.1 Å². The average molecular weight is 280 g/mol. The van der Waals surface area contributed by atoms with E-state index in [-0.39, 0.29) is 0 Å². The van der Waals surface area contributed by atoms with Crippen molar-refractivity contribution in [2.24, 2.45) is 0 Å². The maximum Gasteiger partial charge on any atom is 0.0403 e. The summed E-state index contributed by atoms with van der Waals surface area (Å²) >= 11 is 0. The van der Waals surface area contributed by atoms with E-state index in [1.54, 1.807) is 0 Å². The Morgan fingerprint density at radius 1 is 0.905 bits per heavy atom. The summed E-state index contributed by atoms with van der Waals surface area (Å²) in [5.41, 5.74) is 5.37. The van der Waals surface area contributed by atoms with Crippen molar-refractivity contribution in [2.45, 2.75) is 32.7 Å². The molecular weight excluding hydrogens is 256 g/mol. The fraction of sp³-hybridized carbons (Fsp3) is 0.368. The van der Waals surface area contributed by atoms with Crippen LogP contribution in [0.25, 0.3) is 0 Å². The Hall–Kier alpha value is -1.96. The Morgan fingerprint density at radius 2 is 1.57 bits per heavy atom. The lowest BCUT2D eigenvalue weighted by Crippen LogP contribution is -2.17. The molecule has 0 spiro atoms. The predicted molar refractivity (Wildman–Crippen MR) is 91.0 cm³/mol. The summed E-state index contributed by atoms with van der Waals surface area (Å²) in [5.74, 6) is 0. The van der Waals surface area contributed by atoms with Crippen molar-refractivity contribution in [1.82, 2.24) is 0 Å². The van der Waals surface area contributed by atoms with Gasteiger partial charge in [-0.15, -0.1) is 0 Å². The van der Waals surface area contributed by atoms with Gasteiger partial charge in [0, 0.05) is 31.0 Å². The topological polar surface area (TPSA) is 15.3 Å². The molecule has 1 saturated heterocycles. The second-order valence-electron chi connectivity index (χ2n) is 5.72. The number of benzene rings is 2. The summed E-state index contributed by atoms with van der Waals surface area (Å²) in [5, 5.41) is 3.53. The normalized spacial score (nSPS) is 14.4. The number of nitrogens with one attached hydrogen (secondary N) is 1. The van der Waals surface area contributed by atoms with Crippen LogP contribution in [0.15, 0.2) is 48.5 Å². The highest BCUT2D eigenvalue weighted by Gasteiger charge is 2.11. The third-order valence-corrected chi connectivity index (χ3v) is 4.32. The molecular formula is C19H24N2. The van der Waals surface area contributed by atoms with E-state index in [9.17, 15) is 0 Å². The molecule has 110 valence electrons. The molecule has 1 fully saturated rings. The predicted octanol–water partition coefficient (Wildman–Crippen LogP) is 4.46. The van der Waals surface area contributed by atoms with Crippen LogP contribution < -0.4 is 10.2 Å². The van der Waals surface area contributed by atoms with Crippen molar-refractivity contribution in [3.63, 3.8) is 0 Å². The Balaban J connectivity index is 1.62. The van der Waals surface area contributed by atoms with Crippen LogP contribution in [0.4, 0.5) is 11.4 Å². The average Bonchev–Trinajstić information content (AvgIpc) is 3.08. The molecule has 21 heavy (non-hydrogen) atoms. The van der Waals surface area contributed by atoms with Gasteiger partial charge in [0.15, 0.2) is 0 Å². The number of rotatable bonds is 5. The summed E-state index contributed by atoms with van der Waals surface area (Å²) in [6.45, 7) is 5.52. The SMILES string of the molecule is CCc1ccccc1CNc1ccc(N2CCCC2)cc1. The van der Waals surface area contributed by atoms with Crippen molar-refractivity contribution >= 4 is 11.4 Å². The molecule has 0 unspecified atom stereocenters. The van der Waals surface area contributed by atoms with Crippen LogP contribution in [-0.2, 0) is 13.0 Å². The maximum atomic E-state index is 3.53. The molecule has 0 saturated carbocycles. The molecule has 0 radical (unpaired) electrons. The Morgan fingerprint density at radius 3 is 2.24 bits per heavy atom. The molecule has 2 nitrogen and oxygen atoms in total. The van der Waals surface area contributed by atoms with Crippen molar-refractivity contribution in [3.05, 3.63) is 59.7 Å². The van der Waals surface area contributed by atoms with Crippen LogP contribution >= 0.6 is 0 Å². The van der Waals surface area contributed by atoms with Crippen molar-refractivity contribution in [3.8, 4) is 0 Å². The Labute approximate surface area is 127 Å². The standard InChI is InChI=1S/C19H24N2/c1-2-16-7-3-4-8-17(16)15-20-18-9-11-19(12-10-18)21-13-5-6-14-21/h3-4,7-12,20H,2,5-6,13-15H2,1H3. The highest BCUT2D eigenvalue weighted by atomic mass is 15.1. The first-order chi connectivity index (χ1) is 10.4. The zero-order chi connectivity index (χ0) is 14.5. The van der Waals surface area contributed by atoms with Gasteiger partial charge in [-0.25, -0.2) is 0 Å². The minimum absolute atomic E-state index is 0.896. The monoisotopic (exact) mass is 280 g/mol. The van der Waals surface area contributed by atoms with Crippen LogP contribution in [0.1, 0.15) is 30.9 Å². The van der Waals surface area contributed by atoms with Gasteiger partial charge in [-0.3, -0.25) is 0 Å². The first kappa shape index (κ1) is 14.0. The molecule has 0 atom stereocenters. The van der Waals surface area contributed by atoms with E-state index in [0.717, 1.165) is 13.0 Å². The van der Waals surface area contributed by atoms with Crippen LogP contribution in [0, 0.1) is 0 Å². The number of nitrogens with zero attached hydrogens (tertiary/aromatic N) is 1. The first-order valence-electron chi connectivity index (χ1n) is 8.02. The quantitative estimate of drug-likeness (QED) is 0.869. The molecule has 2 heteroatoms. The molecule has 1 N–H and O–H groups in total. The van der Waals surface area contributed by atoms with Gasteiger partial charge in [-0.2, -0.15) is 0 Å². The zero-order valence-electron chi connectivity index (χ0n) is 12.8. The van der Waals surface area contributed by atoms with E-state index in [2.05, 4.69) is 65.7 Å². The van der Waals surface area contributed by atoms with Gasteiger partial charge in [-0.05, 0) is 54.7 Å². The lowest BCUT2D eigenvalue weighted by molar-refractivity contribution is 0.949. The molecule has 3 rings (SSSR count). The van der Waals surface area contributed by atoms with Gasteiger partial charge in [0.25, 0.3) is 0 Å². The number of hydrogen-bond donors (Lipinski definition) is 1. The number of aryl methyl sites for hydroxylation is 1. The van der Waals surface area contributed by atoms with Crippen molar-refractivity contribution < 1.29 is 0 Å². The van der Waals surface area contributed by atoms with E-state index in [0.29, 0.717) is 0 Å². The van der Waals surface area contributed by atoms with Gasteiger partial charge in [-0.1, -0.05) is 31.2 Å². The summed E-state index contributed by atoms with van der Waals surface area (Å²) in [6.07, 6.45) is 3.74. The third kappa shape index (κ3) is 3.38. The van der Waals surface area contributed by atoms with E-state index in [1.165, 1.54) is 48.4 Å². The molecule has 1 aliphatic heterocycles. The van der Waals surface area contributed by atoms with Gasteiger partial charge >= 0.3 is 0 Å². The number of hydrogen-bond acceptors (Lipinski definition) is 2. The highest BCUT2D eigenvalue weighted by Crippen LogP contribution is 2.22. The van der Waals surface area contributed by atoms with Gasteiger partial charge in [0.05, 0.1) is 0 Å². The van der Waals surface area contributed by atoms with Crippen LogP contribution in [0.3, 0.4) is 0 Å². The van der Waals surface area contributed by atoms with Crippen LogP contribution in [0.2, 0.25) is 0 Å². The smallest absolute Gasteiger partial charge is 0.0403 e. The van der Waals surface area contributed by atoms with E-state index in [1.807, 2.05) is 0 Å². The molecule has 0 aliphatic carbocycles. The highest BCUT2D eigenvalue weighted by molar-refractivity contribution is 5.55. The fourth-order valence-electron chi connectivity index (χ4n) is 3.04. The van der Waals surface area contributed by atoms with E-state index in [4.69, 9.17) is 0 Å². The molecule has 1 aliphatic rings. The largest absolute Gasteiger partial charge is 0.381 e. The molecule has 0 aromatic heterocycles. The molecule has 0 amide bonds. The molecule has 1 heterocycles. The van der Waals surface area contributed by atoms with E-state index < -0.39 is 0 Å². The lowest BCUT2D eigenvalue weighted by atomic mass is 10.1. The second-order valence-corrected chi connectivity index (χ2v) is 5.72. The van der Waals surface area contributed by atoms with Crippen molar-refractivity contribution in [2.75, 3.05) is 23.3 Å². The maximum absolute atomic E-state index is 3.53. The van der Waals surface area contributed by atoms with Gasteiger partial charge in [0.2, 0.25) is 0 Å². The number of anilines is 2. The van der Waals surface area contributed by atoms with Gasteiger partial charge < -0.3 is 10.2 Å². The molecule has 2 aromatic rings. The second kappa shape index (κ2) is 6.66. The minimum atomic E-state index is 0.896. The fourth-order valence-corrected chi connectivity index (χ4v) is 3.04. The summed E-state index contributed by atoms with van der Waals surface area (Å²) < 4.78 is 0. The van der Waals surface area contributed by atoms with Crippen molar-refractivity contribution in [1.29, 1.82) is 0 Å². The Bertz CT molecular complexity index is 568. The first-order valence-corrected chi connectivity index (χ1v) is 8.02.